The third-order valence-corrected chi connectivity index (χ3v) is 4.46. The van der Waals surface area contributed by atoms with Crippen molar-refractivity contribution in [1.29, 1.82) is 0 Å². The van der Waals surface area contributed by atoms with Crippen molar-refractivity contribution in [2.24, 2.45) is 4.99 Å². The van der Waals surface area contributed by atoms with Crippen molar-refractivity contribution >= 4 is 34.2 Å². The van der Waals surface area contributed by atoms with Crippen molar-refractivity contribution in [2.75, 3.05) is 31.5 Å². The van der Waals surface area contributed by atoms with Crippen molar-refractivity contribution in [3.63, 3.8) is 0 Å². The first kappa shape index (κ1) is 11.9. The van der Waals surface area contributed by atoms with Crippen LogP contribution < -0.4 is 10.6 Å². The predicted molar refractivity (Wildman–Crippen MR) is 84.7 cm³/mol. The molecule has 2 aliphatic rings. The first-order valence-corrected chi connectivity index (χ1v) is 7.83. The highest BCUT2D eigenvalue weighted by Crippen LogP contribution is 2.36. The molecule has 5 heteroatoms. The number of anilines is 2. The first-order valence-electron chi connectivity index (χ1n) is 6.89. The van der Waals surface area contributed by atoms with Gasteiger partial charge in [0.1, 0.15) is 5.84 Å². The van der Waals surface area contributed by atoms with Gasteiger partial charge in [-0.05, 0) is 12.1 Å². The summed E-state index contributed by atoms with van der Waals surface area (Å²) in [6.45, 7) is 4.06. The largest absolute Gasteiger partial charge is 0.353 e. The van der Waals surface area contributed by atoms with Crippen LogP contribution in [-0.4, -0.2) is 36.9 Å². The molecule has 2 aliphatic heterocycles. The number of para-hydroxylation sites is 2. The van der Waals surface area contributed by atoms with E-state index in [4.69, 9.17) is 4.99 Å². The van der Waals surface area contributed by atoms with Gasteiger partial charge < -0.3 is 15.5 Å². The highest BCUT2D eigenvalue weighted by atomic mass is 32.1. The molecular weight excluding hydrogens is 268 g/mol. The van der Waals surface area contributed by atoms with Crippen LogP contribution in [0.3, 0.4) is 0 Å². The second-order valence-electron chi connectivity index (χ2n) is 5.01. The molecule has 0 spiro atoms. The second-order valence-corrected chi connectivity index (χ2v) is 5.76. The summed E-state index contributed by atoms with van der Waals surface area (Å²) in [5.41, 5.74) is 4.48. The minimum absolute atomic E-state index is 1.01. The number of nitrogens with one attached hydrogen (secondary N) is 2. The van der Waals surface area contributed by atoms with E-state index in [9.17, 15) is 0 Å². The molecule has 1 aromatic carbocycles. The molecule has 0 atom stereocenters. The molecule has 2 aromatic rings. The number of aliphatic imine (C=N–C) groups is 1. The first-order chi connectivity index (χ1) is 9.92. The standard InChI is InChI=1S/C15H16N4S/c1-2-4-13-12(3-1)17-14-10-20-9-11(14)15(18-13)19-7-5-16-6-8-19/h1-4,9-10,16-17H,5-8H2. The van der Waals surface area contributed by atoms with Gasteiger partial charge in [-0.1, -0.05) is 12.1 Å². The molecule has 0 bridgehead atoms. The van der Waals surface area contributed by atoms with Gasteiger partial charge in [0, 0.05) is 36.9 Å². The molecule has 102 valence electrons. The zero-order valence-electron chi connectivity index (χ0n) is 11.1. The molecule has 0 unspecified atom stereocenters. The summed E-state index contributed by atoms with van der Waals surface area (Å²) in [6.07, 6.45) is 0. The van der Waals surface area contributed by atoms with Gasteiger partial charge in [0.25, 0.3) is 0 Å². The average molecular weight is 284 g/mol. The highest BCUT2D eigenvalue weighted by molar-refractivity contribution is 7.08. The van der Waals surface area contributed by atoms with Crippen LogP contribution in [0.5, 0.6) is 0 Å². The van der Waals surface area contributed by atoms with E-state index in [2.05, 4.69) is 38.4 Å². The molecular formula is C15H16N4S. The van der Waals surface area contributed by atoms with E-state index in [1.807, 2.05) is 12.1 Å². The van der Waals surface area contributed by atoms with Crippen molar-refractivity contribution in [3.05, 3.63) is 40.6 Å². The second kappa shape index (κ2) is 4.92. The van der Waals surface area contributed by atoms with Crippen LogP contribution in [0.1, 0.15) is 5.56 Å². The van der Waals surface area contributed by atoms with E-state index in [1.165, 1.54) is 5.56 Å². The van der Waals surface area contributed by atoms with Crippen LogP contribution in [0.2, 0.25) is 0 Å². The number of piperazine rings is 1. The van der Waals surface area contributed by atoms with Gasteiger partial charge in [-0.3, -0.25) is 0 Å². The van der Waals surface area contributed by atoms with Crippen LogP contribution in [0, 0.1) is 0 Å². The Morgan fingerprint density at radius 2 is 1.90 bits per heavy atom. The van der Waals surface area contributed by atoms with E-state index >= 15 is 0 Å². The molecule has 0 amide bonds. The zero-order chi connectivity index (χ0) is 13.4. The number of fused-ring (bicyclic) bond motifs is 2. The smallest absolute Gasteiger partial charge is 0.139 e. The van der Waals surface area contributed by atoms with E-state index in [0.717, 1.165) is 49.1 Å². The van der Waals surface area contributed by atoms with Gasteiger partial charge >= 0.3 is 0 Å². The lowest BCUT2D eigenvalue weighted by molar-refractivity contribution is 0.358. The fraction of sp³-hybridized carbons (Fsp3) is 0.267. The summed E-state index contributed by atoms with van der Waals surface area (Å²) in [6, 6.07) is 8.24. The molecule has 0 aliphatic carbocycles. The Hall–Kier alpha value is -1.85. The maximum Gasteiger partial charge on any atom is 0.139 e. The minimum atomic E-state index is 1.01. The van der Waals surface area contributed by atoms with Crippen molar-refractivity contribution < 1.29 is 0 Å². The van der Waals surface area contributed by atoms with Gasteiger partial charge in [-0.15, -0.1) is 11.3 Å². The van der Waals surface area contributed by atoms with Gasteiger partial charge in [0.15, 0.2) is 0 Å². The summed E-state index contributed by atoms with van der Waals surface area (Å²) in [7, 11) is 0. The zero-order valence-corrected chi connectivity index (χ0v) is 11.9. The lowest BCUT2D eigenvalue weighted by Gasteiger charge is -2.30. The molecule has 2 N–H and O–H groups in total. The lowest BCUT2D eigenvalue weighted by Crippen LogP contribution is -2.46. The summed E-state index contributed by atoms with van der Waals surface area (Å²) in [5.74, 6) is 1.10. The number of benzene rings is 1. The number of thiophene rings is 1. The normalized spacial score (nSPS) is 17.6. The average Bonchev–Trinajstić information content (AvgIpc) is 2.89. The third kappa shape index (κ3) is 1.99. The Morgan fingerprint density at radius 1 is 1.05 bits per heavy atom. The fourth-order valence-electron chi connectivity index (χ4n) is 2.68. The van der Waals surface area contributed by atoms with Crippen LogP contribution in [0.4, 0.5) is 17.1 Å². The molecule has 1 fully saturated rings. The Morgan fingerprint density at radius 3 is 2.80 bits per heavy atom. The Kier molecular flexibility index (Phi) is 2.94. The Balaban J connectivity index is 1.84. The van der Waals surface area contributed by atoms with Crippen molar-refractivity contribution in [3.8, 4) is 0 Å². The molecule has 0 radical (unpaired) electrons. The van der Waals surface area contributed by atoms with Crippen LogP contribution >= 0.6 is 11.3 Å². The molecule has 4 nitrogen and oxygen atoms in total. The fourth-order valence-corrected chi connectivity index (χ4v) is 3.44. The molecule has 4 rings (SSSR count). The van der Waals surface area contributed by atoms with Crippen LogP contribution in [-0.2, 0) is 0 Å². The third-order valence-electron chi connectivity index (χ3n) is 3.72. The lowest BCUT2D eigenvalue weighted by atomic mass is 10.2. The predicted octanol–water partition coefficient (Wildman–Crippen LogP) is 2.79. The van der Waals surface area contributed by atoms with Crippen LogP contribution in [0.15, 0.2) is 40.0 Å². The molecule has 0 saturated carbocycles. The maximum absolute atomic E-state index is 4.94. The van der Waals surface area contributed by atoms with E-state index in [-0.39, 0.29) is 0 Å². The Bertz CT molecular complexity index is 655. The van der Waals surface area contributed by atoms with Gasteiger partial charge in [-0.25, -0.2) is 4.99 Å². The van der Waals surface area contributed by atoms with Gasteiger partial charge in [0.05, 0.1) is 22.6 Å². The van der Waals surface area contributed by atoms with E-state index < -0.39 is 0 Å². The summed E-state index contributed by atoms with van der Waals surface area (Å²) in [4.78, 5) is 7.32. The maximum atomic E-state index is 4.94. The Labute approximate surface area is 122 Å². The highest BCUT2D eigenvalue weighted by Gasteiger charge is 2.22. The number of nitrogens with zero attached hydrogens (tertiary/aromatic N) is 2. The molecule has 3 heterocycles. The summed E-state index contributed by atoms with van der Waals surface area (Å²) in [5, 5.41) is 11.3. The van der Waals surface area contributed by atoms with Crippen molar-refractivity contribution in [1.82, 2.24) is 10.2 Å². The topological polar surface area (TPSA) is 39.7 Å². The summed E-state index contributed by atoms with van der Waals surface area (Å²) < 4.78 is 0. The van der Waals surface area contributed by atoms with Crippen LogP contribution in [0.25, 0.3) is 0 Å². The van der Waals surface area contributed by atoms with Crippen molar-refractivity contribution in [2.45, 2.75) is 0 Å². The molecule has 20 heavy (non-hydrogen) atoms. The summed E-state index contributed by atoms with van der Waals surface area (Å²) >= 11 is 1.72. The SMILES string of the molecule is c1ccc2c(c1)N=C(N1CCNCC1)c1cscc1N2. The minimum Gasteiger partial charge on any atom is -0.353 e. The molecule has 1 saturated heterocycles. The number of amidine groups is 1. The number of rotatable bonds is 0. The molecule has 1 aromatic heterocycles. The van der Waals surface area contributed by atoms with E-state index in [1.54, 1.807) is 11.3 Å². The van der Waals surface area contributed by atoms with E-state index in [0.29, 0.717) is 0 Å². The van der Waals surface area contributed by atoms with Gasteiger partial charge in [0.2, 0.25) is 0 Å². The van der Waals surface area contributed by atoms with Gasteiger partial charge in [-0.2, -0.15) is 0 Å². The quantitative estimate of drug-likeness (QED) is 0.781. The number of hydrogen-bond acceptors (Lipinski definition) is 5. The number of hydrogen-bond donors (Lipinski definition) is 2. The monoisotopic (exact) mass is 284 g/mol.